The van der Waals surface area contributed by atoms with Gasteiger partial charge in [-0.05, 0) is 56.0 Å². The third kappa shape index (κ3) is 6.34. The molecule has 1 amide bonds. The fraction of sp³-hybridized carbons (Fsp3) is 0.433. The highest BCUT2D eigenvalue weighted by atomic mass is 19.4. The van der Waals surface area contributed by atoms with E-state index in [1.54, 1.807) is 0 Å². The van der Waals surface area contributed by atoms with Gasteiger partial charge in [0.2, 0.25) is 0 Å². The van der Waals surface area contributed by atoms with Gasteiger partial charge in [0.05, 0.1) is 5.56 Å². The summed E-state index contributed by atoms with van der Waals surface area (Å²) >= 11 is 0. The molecule has 0 bridgehead atoms. The summed E-state index contributed by atoms with van der Waals surface area (Å²) < 4.78 is 39.0. The maximum absolute atomic E-state index is 13.1. The Morgan fingerprint density at radius 2 is 1.55 bits per heavy atom. The molecule has 1 saturated heterocycles. The summed E-state index contributed by atoms with van der Waals surface area (Å²) in [7, 11) is 0. The first-order chi connectivity index (χ1) is 18.2. The molecular formula is C30H35F3N4O. The molecule has 1 fully saturated rings. The van der Waals surface area contributed by atoms with Gasteiger partial charge in [0.1, 0.15) is 5.82 Å². The van der Waals surface area contributed by atoms with Crippen molar-refractivity contribution in [2.75, 3.05) is 31.1 Å². The predicted octanol–water partition coefficient (Wildman–Crippen LogP) is 6.73. The fourth-order valence-electron chi connectivity index (χ4n) is 4.89. The Hall–Kier alpha value is -3.42. The maximum atomic E-state index is 13.1. The second-order valence-electron chi connectivity index (χ2n) is 9.80. The topological polar surface area (TPSA) is 49.3 Å². The Balaban J connectivity index is 1.46. The summed E-state index contributed by atoms with van der Waals surface area (Å²) in [5.74, 6) is 1.23. The molecule has 1 aliphatic rings. The zero-order valence-electron chi connectivity index (χ0n) is 22.3. The number of hydrogen-bond acceptors (Lipinski definition) is 4. The van der Waals surface area contributed by atoms with Gasteiger partial charge in [-0.25, -0.2) is 9.97 Å². The highest BCUT2D eigenvalue weighted by Crippen LogP contribution is 2.32. The Morgan fingerprint density at radius 3 is 2.13 bits per heavy atom. The number of nitrogens with zero attached hydrogens (tertiary/aromatic N) is 4. The summed E-state index contributed by atoms with van der Waals surface area (Å²) in [6.45, 7) is 8.52. The van der Waals surface area contributed by atoms with Crippen molar-refractivity contribution >= 4 is 11.7 Å². The highest BCUT2D eigenvalue weighted by molar-refractivity contribution is 5.94. The van der Waals surface area contributed by atoms with Gasteiger partial charge in [0, 0.05) is 48.6 Å². The van der Waals surface area contributed by atoms with E-state index in [0.29, 0.717) is 43.1 Å². The first kappa shape index (κ1) is 27.6. The molecule has 1 aliphatic heterocycles. The number of rotatable bonds is 8. The summed E-state index contributed by atoms with van der Waals surface area (Å²) in [5, 5.41) is 0. The number of halogens is 3. The monoisotopic (exact) mass is 524 g/mol. The van der Waals surface area contributed by atoms with Crippen molar-refractivity contribution in [2.45, 2.75) is 59.1 Å². The lowest BCUT2D eigenvalue weighted by molar-refractivity contribution is -0.137. The molecule has 4 rings (SSSR count). The number of alkyl halides is 3. The lowest BCUT2D eigenvalue weighted by Gasteiger charge is -2.36. The van der Waals surface area contributed by atoms with E-state index in [9.17, 15) is 18.0 Å². The minimum Gasteiger partial charge on any atom is -0.353 e. The summed E-state index contributed by atoms with van der Waals surface area (Å²) in [4.78, 5) is 26.5. The van der Waals surface area contributed by atoms with E-state index in [1.165, 1.54) is 30.5 Å². The minimum atomic E-state index is -4.39. The van der Waals surface area contributed by atoms with Gasteiger partial charge in [-0.1, -0.05) is 51.0 Å². The van der Waals surface area contributed by atoms with Crippen LogP contribution in [0.1, 0.15) is 65.9 Å². The van der Waals surface area contributed by atoms with E-state index < -0.39 is 11.7 Å². The molecule has 3 aromatic rings. The Morgan fingerprint density at radius 1 is 0.895 bits per heavy atom. The number of unbranched alkanes of at least 4 members (excludes halogenated alkanes) is 2. The van der Waals surface area contributed by atoms with Crippen molar-refractivity contribution in [3.05, 3.63) is 76.5 Å². The molecule has 0 spiro atoms. The van der Waals surface area contributed by atoms with E-state index in [1.807, 2.05) is 30.9 Å². The molecule has 38 heavy (non-hydrogen) atoms. The van der Waals surface area contributed by atoms with Crippen LogP contribution in [0.15, 0.2) is 48.5 Å². The van der Waals surface area contributed by atoms with Crippen LogP contribution in [0, 0.1) is 6.92 Å². The Bertz CT molecular complexity index is 1230. The van der Waals surface area contributed by atoms with Crippen LogP contribution in [-0.4, -0.2) is 47.0 Å². The summed E-state index contributed by atoms with van der Waals surface area (Å²) in [6, 6.07) is 12.9. The maximum Gasteiger partial charge on any atom is 0.416 e. The number of amides is 1. The van der Waals surface area contributed by atoms with Crippen molar-refractivity contribution in [1.29, 1.82) is 0 Å². The molecule has 5 nitrogen and oxygen atoms in total. The lowest BCUT2D eigenvalue weighted by atomic mass is 10.0. The van der Waals surface area contributed by atoms with Gasteiger partial charge >= 0.3 is 6.18 Å². The molecule has 0 N–H and O–H groups in total. The van der Waals surface area contributed by atoms with Gasteiger partial charge in [-0.3, -0.25) is 4.79 Å². The molecule has 2 aromatic carbocycles. The molecule has 202 valence electrons. The Labute approximate surface area is 222 Å². The first-order valence-electron chi connectivity index (χ1n) is 13.4. The number of hydrogen-bond donors (Lipinski definition) is 0. The van der Waals surface area contributed by atoms with Crippen LogP contribution in [-0.2, 0) is 19.0 Å². The number of carbonyl (C=O) groups excluding carboxylic acids is 1. The molecule has 8 heteroatoms. The van der Waals surface area contributed by atoms with Crippen LogP contribution in [0.4, 0.5) is 19.0 Å². The largest absolute Gasteiger partial charge is 0.416 e. The molecule has 0 aliphatic carbocycles. The number of aryl methyl sites for hydroxylation is 2. The first-order valence-corrected chi connectivity index (χ1v) is 13.4. The number of aromatic nitrogens is 2. The lowest BCUT2D eigenvalue weighted by Crippen LogP contribution is -2.49. The van der Waals surface area contributed by atoms with Gasteiger partial charge in [-0.15, -0.1) is 0 Å². The SMILES string of the molecule is CCCCCc1ccc(C(=O)N2CCN(c3nc(-c4ccc(C(F)(F)F)cc4)nc(C)c3CC)CC2)cc1. The number of anilines is 1. The van der Waals surface area contributed by atoms with Crippen LogP contribution in [0.5, 0.6) is 0 Å². The van der Waals surface area contributed by atoms with E-state index in [-0.39, 0.29) is 5.91 Å². The molecule has 0 saturated carbocycles. The molecule has 1 aromatic heterocycles. The molecule has 2 heterocycles. The van der Waals surface area contributed by atoms with E-state index >= 15 is 0 Å². The van der Waals surface area contributed by atoms with Crippen LogP contribution < -0.4 is 4.90 Å². The number of carbonyl (C=O) groups is 1. The van der Waals surface area contributed by atoms with Crippen molar-refractivity contribution in [3.63, 3.8) is 0 Å². The quantitative estimate of drug-likeness (QED) is 0.307. The standard InChI is InChI=1S/C30H35F3N4O/c1-4-6-7-8-22-9-11-24(12-10-22)29(38)37-19-17-36(18-20-37)28-26(5-2)21(3)34-27(35-28)23-13-15-25(16-14-23)30(31,32)33/h9-16H,4-8,17-20H2,1-3H3. The number of benzene rings is 2. The minimum absolute atomic E-state index is 0.0322. The second kappa shape index (κ2) is 12.0. The molecular weight excluding hydrogens is 489 g/mol. The predicted molar refractivity (Wildman–Crippen MR) is 144 cm³/mol. The zero-order chi connectivity index (χ0) is 27.3. The molecule has 0 radical (unpaired) electrons. The normalized spacial score (nSPS) is 14.2. The third-order valence-corrected chi connectivity index (χ3v) is 7.15. The van der Waals surface area contributed by atoms with E-state index in [0.717, 1.165) is 48.5 Å². The smallest absolute Gasteiger partial charge is 0.353 e. The third-order valence-electron chi connectivity index (χ3n) is 7.15. The van der Waals surface area contributed by atoms with E-state index in [4.69, 9.17) is 4.98 Å². The van der Waals surface area contributed by atoms with Crippen molar-refractivity contribution in [3.8, 4) is 11.4 Å². The van der Waals surface area contributed by atoms with Gasteiger partial charge < -0.3 is 9.80 Å². The zero-order valence-corrected chi connectivity index (χ0v) is 22.3. The average molecular weight is 525 g/mol. The van der Waals surface area contributed by atoms with Crippen LogP contribution in [0.3, 0.4) is 0 Å². The van der Waals surface area contributed by atoms with Crippen molar-refractivity contribution in [2.24, 2.45) is 0 Å². The Kier molecular flexibility index (Phi) is 8.69. The summed E-state index contributed by atoms with van der Waals surface area (Å²) in [5.41, 5.74) is 3.63. The second-order valence-corrected chi connectivity index (χ2v) is 9.80. The van der Waals surface area contributed by atoms with Gasteiger partial charge in [0.15, 0.2) is 5.82 Å². The molecule has 0 unspecified atom stereocenters. The fourth-order valence-corrected chi connectivity index (χ4v) is 4.89. The van der Waals surface area contributed by atoms with Crippen LogP contribution >= 0.6 is 0 Å². The van der Waals surface area contributed by atoms with E-state index in [2.05, 4.69) is 28.9 Å². The van der Waals surface area contributed by atoms with Crippen molar-refractivity contribution < 1.29 is 18.0 Å². The van der Waals surface area contributed by atoms with Crippen molar-refractivity contribution in [1.82, 2.24) is 14.9 Å². The molecule has 0 atom stereocenters. The van der Waals surface area contributed by atoms with Gasteiger partial charge in [0.25, 0.3) is 5.91 Å². The number of piperazine rings is 1. The van der Waals surface area contributed by atoms with Crippen LogP contribution in [0.2, 0.25) is 0 Å². The summed E-state index contributed by atoms with van der Waals surface area (Å²) in [6.07, 6.45) is 0.941. The highest BCUT2D eigenvalue weighted by Gasteiger charge is 2.30. The van der Waals surface area contributed by atoms with Gasteiger partial charge in [-0.2, -0.15) is 13.2 Å². The average Bonchev–Trinajstić information content (AvgIpc) is 2.92. The van der Waals surface area contributed by atoms with Crippen LogP contribution in [0.25, 0.3) is 11.4 Å².